The smallest absolute Gasteiger partial charge is 0.312 e. The van der Waals surface area contributed by atoms with Crippen LogP contribution in [0.15, 0.2) is 34.9 Å². The zero-order valence-corrected chi connectivity index (χ0v) is 9.62. The fourth-order valence-electron chi connectivity index (χ4n) is 2.51. The fourth-order valence-corrected chi connectivity index (χ4v) is 2.51. The van der Waals surface area contributed by atoms with E-state index in [0.717, 1.165) is 25.7 Å². The van der Waals surface area contributed by atoms with Gasteiger partial charge < -0.3 is 11.1 Å². The Morgan fingerprint density at radius 3 is 3.00 bits per heavy atom. The molecule has 0 saturated heterocycles. The van der Waals surface area contributed by atoms with E-state index >= 15 is 0 Å². The lowest BCUT2D eigenvalue weighted by Gasteiger charge is -2.27. The summed E-state index contributed by atoms with van der Waals surface area (Å²) in [6.45, 7) is 1.99. The highest BCUT2D eigenvalue weighted by Gasteiger charge is 2.20. The lowest BCUT2D eigenvalue weighted by Crippen LogP contribution is -2.38. The van der Waals surface area contributed by atoms with E-state index in [2.05, 4.69) is 23.5 Å². The van der Waals surface area contributed by atoms with Crippen LogP contribution in [0.4, 0.5) is 4.79 Å². The molecule has 3 N–H and O–H groups in total. The van der Waals surface area contributed by atoms with Gasteiger partial charge in [-0.2, -0.15) is 0 Å². The van der Waals surface area contributed by atoms with Gasteiger partial charge in [0.15, 0.2) is 0 Å². The number of nitrogens with two attached hydrogens (primary N) is 1. The van der Waals surface area contributed by atoms with Gasteiger partial charge in [-0.25, -0.2) is 4.79 Å². The van der Waals surface area contributed by atoms with Crippen molar-refractivity contribution >= 4 is 6.03 Å². The average Bonchev–Trinajstić information content (AvgIpc) is 2.27. The summed E-state index contributed by atoms with van der Waals surface area (Å²) in [4.78, 5) is 10.9. The molecule has 0 unspecified atom stereocenters. The van der Waals surface area contributed by atoms with E-state index in [9.17, 15) is 4.79 Å². The molecule has 16 heavy (non-hydrogen) atoms. The summed E-state index contributed by atoms with van der Waals surface area (Å²) in [6.07, 6.45) is 11.1. The maximum Gasteiger partial charge on any atom is 0.312 e. The van der Waals surface area contributed by atoms with E-state index in [1.165, 1.54) is 16.7 Å². The third-order valence-electron chi connectivity index (χ3n) is 3.22. The molecule has 0 aliphatic heterocycles. The Kier molecular flexibility index (Phi) is 3.13. The lowest BCUT2D eigenvalue weighted by molar-refractivity contribution is 0.247. The molecular weight excluding hydrogens is 200 g/mol. The Hall–Kier alpha value is -1.51. The van der Waals surface area contributed by atoms with Crippen molar-refractivity contribution in [3.63, 3.8) is 0 Å². The minimum Gasteiger partial charge on any atom is -0.352 e. The summed E-state index contributed by atoms with van der Waals surface area (Å²) < 4.78 is 0. The van der Waals surface area contributed by atoms with Crippen LogP contribution in [0.5, 0.6) is 0 Å². The second-order valence-electron chi connectivity index (χ2n) is 4.37. The van der Waals surface area contributed by atoms with E-state index < -0.39 is 6.03 Å². The van der Waals surface area contributed by atoms with Gasteiger partial charge >= 0.3 is 6.03 Å². The van der Waals surface area contributed by atoms with Gasteiger partial charge in [0.25, 0.3) is 0 Å². The highest BCUT2D eigenvalue weighted by molar-refractivity contribution is 5.72. The number of rotatable bonds is 2. The van der Waals surface area contributed by atoms with Crippen molar-refractivity contribution in [3.8, 4) is 0 Å². The number of hydrogen-bond acceptors (Lipinski definition) is 1. The summed E-state index contributed by atoms with van der Waals surface area (Å²) in [5, 5.41) is 2.76. The van der Waals surface area contributed by atoms with E-state index in [4.69, 9.17) is 5.73 Å². The zero-order valence-electron chi connectivity index (χ0n) is 9.62. The normalized spacial score (nSPS) is 21.2. The van der Waals surface area contributed by atoms with E-state index in [0.29, 0.717) is 0 Å². The quantitative estimate of drug-likeness (QED) is 0.734. The third kappa shape index (κ3) is 2.18. The molecule has 0 bridgehead atoms. The molecule has 0 radical (unpaired) electrons. The predicted octanol–water partition coefficient (Wildman–Crippen LogP) is 2.41. The number of allylic oxidation sites excluding steroid dienone is 4. The highest BCUT2D eigenvalue weighted by Crippen LogP contribution is 2.34. The molecule has 0 heterocycles. The Morgan fingerprint density at radius 2 is 2.25 bits per heavy atom. The molecule has 3 nitrogen and oxygen atoms in total. The van der Waals surface area contributed by atoms with E-state index in [1.807, 2.05) is 6.92 Å². The molecule has 86 valence electrons. The van der Waals surface area contributed by atoms with E-state index in [-0.39, 0.29) is 6.04 Å². The summed E-state index contributed by atoms with van der Waals surface area (Å²) in [7, 11) is 0. The van der Waals surface area contributed by atoms with Crippen LogP contribution in [0.25, 0.3) is 0 Å². The summed E-state index contributed by atoms with van der Waals surface area (Å²) in [5.41, 5.74) is 9.26. The molecule has 0 spiro atoms. The van der Waals surface area contributed by atoms with Crippen molar-refractivity contribution in [2.45, 2.75) is 38.6 Å². The summed E-state index contributed by atoms with van der Waals surface area (Å²) in [5.74, 6) is 0. The molecular formula is C13H18N2O. The lowest BCUT2D eigenvalue weighted by atomic mass is 9.82. The maximum absolute atomic E-state index is 10.9. The van der Waals surface area contributed by atoms with Crippen LogP contribution in [-0.4, -0.2) is 12.1 Å². The van der Waals surface area contributed by atoms with Crippen molar-refractivity contribution in [3.05, 3.63) is 34.9 Å². The molecule has 2 rings (SSSR count). The van der Waals surface area contributed by atoms with Crippen LogP contribution < -0.4 is 11.1 Å². The molecule has 0 aromatic carbocycles. The predicted molar refractivity (Wildman–Crippen MR) is 64.9 cm³/mol. The number of nitrogens with one attached hydrogen (secondary N) is 1. The van der Waals surface area contributed by atoms with Gasteiger partial charge in [0.1, 0.15) is 0 Å². The van der Waals surface area contributed by atoms with Crippen molar-refractivity contribution < 1.29 is 4.79 Å². The van der Waals surface area contributed by atoms with Crippen LogP contribution in [0, 0.1) is 0 Å². The second kappa shape index (κ2) is 4.56. The van der Waals surface area contributed by atoms with Gasteiger partial charge in [0.2, 0.25) is 0 Å². The van der Waals surface area contributed by atoms with Crippen LogP contribution in [0.2, 0.25) is 0 Å². The Bertz CT molecular complexity index is 391. The molecule has 0 aromatic heterocycles. The highest BCUT2D eigenvalue weighted by atomic mass is 16.2. The maximum atomic E-state index is 10.9. The minimum atomic E-state index is -0.451. The fraction of sp³-hybridized carbons (Fsp3) is 0.462. The molecule has 2 aliphatic carbocycles. The van der Waals surface area contributed by atoms with Gasteiger partial charge in [-0.3, -0.25) is 0 Å². The molecule has 0 fully saturated rings. The first kappa shape index (κ1) is 11.0. The van der Waals surface area contributed by atoms with Crippen molar-refractivity contribution in [2.75, 3.05) is 0 Å². The van der Waals surface area contributed by atoms with Crippen molar-refractivity contribution in [1.82, 2.24) is 5.32 Å². The first-order valence-corrected chi connectivity index (χ1v) is 5.83. The zero-order chi connectivity index (χ0) is 11.5. The van der Waals surface area contributed by atoms with Crippen LogP contribution in [0.3, 0.4) is 0 Å². The summed E-state index contributed by atoms with van der Waals surface area (Å²) >= 11 is 0. The van der Waals surface area contributed by atoms with Crippen LogP contribution in [0.1, 0.15) is 32.6 Å². The van der Waals surface area contributed by atoms with Gasteiger partial charge in [-0.1, -0.05) is 18.2 Å². The van der Waals surface area contributed by atoms with Crippen LogP contribution in [-0.2, 0) is 0 Å². The molecule has 1 atom stereocenters. The first-order chi connectivity index (χ1) is 7.68. The van der Waals surface area contributed by atoms with Gasteiger partial charge in [0, 0.05) is 0 Å². The molecule has 0 saturated carbocycles. The molecule has 0 aromatic rings. The van der Waals surface area contributed by atoms with Gasteiger partial charge in [-0.05, 0) is 49.3 Å². The monoisotopic (exact) mass is 218 g/mol. The standard InChI is InChI=1S/C13H18N2O/c1-9(15-13(14)16)11-8-4-6-10-5-2-3-7-12(10)11/h2,5,8-9H,3-4,6-7H2,1H3,(H3,14,15,16)/t9-/m0/s1. The Labute approximate surface area is 96.1 Å². The van der Waals surface area contributed by atoms with Crippen LogP contribution >= 0.6 is 0 Å². The topological polar surface area (TPSA) is 55.1 Å². The van der Waals surface area contributed by atoms with Crippen molar-refractivity contribution in [1.29, 1.82) is 0 Å². The minimum absolute atomic E-state index is 0.0225. The summed E-state index contributed by atoms with van der Waals surface area (Å²) in [6, 6.07) is -0.429. The number of primary amides is 1. The number of urea groups is 1. The average molecular weight is 218 g/mol. The Balaban J connectivity index is 2.20. The van der Waals surface area contributed by atoms with E-state index in [1.54, 1.807) is 0 Å². The molecule has 3 heteroatoms. The van der Waals surface area contributed by atoms with Gasteiger partial charge in [-0.15, -0.1) is 0 Å². The van der Waals surface area contributed by atoms with Gasteiger partial charge in [0.05, 0.1) is 6.04 Å². The number of hydrogen-bond donors (Lipinski definition) is 2. The largest absolute Gasteiger partial charge is 0.352 e. The second-order valence-corrected chi connectivity index (χ2v) is 4.37. The van der Waals surface area contributed by atoms with Crippen molar-refractivity contribution in [2.24, 2.45) is 5.73 Å². The number of carbonyl (C=O) groups excluding carboxylic acids is 1. The first-order valence-electron chi connectivity index (χ1n) is 5.83. The Morgan fingerprint density at radius 1 is 1.44 bits per heavy atom. The SMILES string of the molecule is C[C@H](NC(N)=O)C1=CCCC2=C1CCC=C2. The third-order valence-corrected chi connectivity index (χ3v) is 3.22. The molecule has 2 aliphatic rings. The number of carbonyl (C=O) groups is 1. The number of amides is 2. The molecule has 2 amide bonds.